The lowest BCUT2D eigenvalue weighted by Gasteiger charge is -2.34. The van der Waals surface area contributed by atoms with Crippen molar-refractivity contribution < 1.29 is 0 Å². The van der Waals surface area contributed by atoms with E-state index in [2.05, 4.69) is 17.2 Å². The molecule has 1 aromatic rings. The second-order valence-corrected chi connectivity index (χ2v) is 5.52. The fourth-order valence-electron chi connectivity index (χ4n) is 3.09. The maximum atomic E-state index is 6.06. The molecule has 1 fully saturated rings. The van der Waals surface area contributed by atoms with Crippen LogP contribution in [0.3, 0.4) is 0 Å². The van der Waals surface area contributed by atoms with E-state index < -0.39 is 0 Å². The summed E-state index contributed by atoms with van der Waals surface area (Å²) in [5.41, 5.74) is 8.38. The first-order valence-corrected chi connectivity index (χ1v) is 7.19. The Morgan fingerprint density at radius 2 is 2.28 bits per heavy atom. The lowest BCUT2D eigenvalue weighted by Crippen LogP contribution is -2.46. The molecule has 0 amide bonds. The number of hydrogen-bond donors (Lipinski definition) is 2. The van der Waals surface area contributed by atoms with Gasteiger partial charge in [0.2, 0.25) is 0 Å². The van der Waals surface area contributed by atoms with Gasteiger partial charge in [0, 0.05) is 23.6 Å². The second-order valence-electron chi connectivity index (χ2n) is 5.52. The highest BCUT2D eigenvalue weighted by molar-refractivity contribution is 5.45. The number of nitrogens with one attached hydrogen (secondary N) is 1. The number of hydrogen-bond acceptors (Lipinski definition) is 3. The van der Waals surface area contributed by atoms with Crippen molar-refractivity contribution >= 4 is 5.69 Å². The minimum atomic E-state index is 0.238. The molecule has 1 aromatic heterocycles. The highest BCUT2D eigenvalue weighted by Gasteiger charge is 2.30. The zero-order chi connectivity index (χ0) is 12.8. The smallest absolute Gasteiger partial charge is 0.0378 e. The van der Waals surface area contributed by atoms with Crippen LogP contribution in [0.25, 0.3) is 0 Å². The minimum absolute atomic E-state index is 0.238. The SMILES string of the molecule is CCCC1(Cc2cnccc2N)CCCCCN1. The van der Waals surface area contributed by atoms with Crippen molar-refractivity contribution in [3.63, 3.8) is 0 Å². The van der Waals surface area contributed by atoms with Crippen molar-refractivity contribution in [3.05, 3.63) is 24.0 Å². The van der Waals surface area contributed by atoms with Crippen molar-refractivity contribution in [2.75, 3.05) is 12.3 Å². The lowest BCUT2D eigenvalue weighted by atomic mass is 9.83. The quantitative estimate of drug-likeness (QED) is 0.860. The molecular formula is C15H25N3. The molecule has 1 aliphatic rings. The van der Waals surface area contributed by atoms with E-state index >= 15 is 0 Å². The molecule has 1 aliphatic heterocycles. The summed E-state index contributed by atoms with van der Waals surface area (Å²) in [6, 6.07) is 1.91. The van der Waals surface area contributed by atoms with Crippen LogP contribution < -0.4 is 11.1 Å². The second kappa shape index (κ2) is 6.19. The van der Waals surface area contributed by atoms with Gasteiger partial charge < -0.3 is 11.1 Å². The van der Waals surface area contributed by atoms with Gasteiger partial charge in [0.25, 0.3) is 0 Å². The molecule has 0 aromatic carbocycles. The third-order valence-corrected chi connectivity index (χ3v) is 4.03. The topological polar surface area (TPSA) is 50.9 Å². The predicted octanol–water partition coefficient (Wildman–Crippen LogP) is 2.91. The molecule has 0 spiro atoms. The minimum Gasteiger partial charge on any atom is -0.398 e. The highest BCUT2D eigenvalue weighted by Crippen LogP contribution is 2.29. The number of rotatable bonds is 4. The highest BCUT2D eigenvalue weighted by atomic mass is 15.0. The van der Waals surface area contributed by atoms with Gasteiger partial charge in [-0.1, -0.05) is 26.2 Å². The third-order valence-electron chi connectivity index (χ3n) is 4.03. The van der Waals surface area contributed by atoms with E-state index in [1.807, 2.05) is 12.3 Å². The van der Waals surface area contributed by atoms with Crippen molar-refractivity contribution in [1.82, 2.24) is 10.3 Å². The number of aromatic nitrogens is 1. The number of anilines is 1. The third kappa shape index (κ3) is 3.22. The van der Waals surface area contributed by atoms with Crippen molar-refractivity contribution in [3.8, 4) is 0 Å². The van der Waals surface area contributed by atoms with Gasteiger partial charge in [0.05, 0.1) is 0 Å². The Bertz CT molecular complexity index is 368. The molecule has 3 N–H and O–H groups in total. The molecule has 1 saturated heterocycles. The molecule has 100 valence electrons. The Hall–Kier alpha value is -1.09. The number of nitrogen functional groups attached to an aromatic ring is 1. The first-order valence-electron chi connectivity index (χ1n) is 7.19. The molecule has 18 heavy (non-hydrogen) atoms. The molecule has 2 heterocycles. The first kappa shape index (κ1) is 13.3. The van der Waals surface area contributed by atoms with Crippen LogP contribution in [-0.4, -0.2) is 17.1 Å². The maximum absolute atomic E-state index is 6.06. The Kier molecular flexibility index (Phi) is 4.59. The van der Waals surface area contributed by atoms with E-state index in [1.54, 1.807) is 6.20 Å². The van der Waals surface area contributed by atoms with Crippen LogP contribution in [-0.2, 0) is 6.42 Å². The number of nitrogens with zero attached hydrogens (tertiary/aromatic N) is 1. The van der Waals surface area contributed by atoms with E-state index in [1.165, 1.54) is 44.1 Å². The van der Waals surface area contributed by atoms with Crippen LogP contribution in [0.2, 0.25) is 0 Å². The van der Waals surface area contributed by atoms with E-state index in [-0.39, 0.29) is 5.54 Å². The van der Waals surface area contributed by atoms with E-state index in [0.717, 1.165) is 18.7 Å². The summed E-state index contributed by atoms with van der Waals surface area (Å²) < 4.78 is 0. The molecule has 1 atom stereocenters. The van der Waals surface area contributed by atoms with Crippen LogP contribution in [0.15, 0.2) is 18.5 Å². The molecule has 0 saturated carbocycles. The van der Waals surface area contributed by atoms with Crippen molar-refractivity contribution in [2.45, 2.75) is 57.4 Å². The van der Waals surface area contributed by atoms with Crippen LogP contribution >= 0.6 is 0 Å². The summed E-state index contributed by atoms with van der Waals surface area (Å²) in [5, 5.41) is 3.79. The van der Waals surface area contributed by atoms with Crippen LogP contribution in [0.1, 0.15) is 51.0 Å². The molecule has 3 heteroatoms. The van der Waals surface area contributed by atoms with Gasteiger partial charge in [-0.3, -0.25) is 4.98 Å². The maximum Gasteiger partial charge on any atom is 0.0378 e. The van der Waals surface area contributed by atoms with Crippen LogP contribution in [0, 0.1) is 0 Å². The average Bonchev–Trinajstić information content (AvgIpc) is 2.59. The standard InChI is InChI=1S/C15H25N3/c1-2-7-15(8-4-3-5-9-18-15)11-13-12-17-10-6-14(13)16/h6,10,12,18H,2-5,7-9,11H2,1H3,(H2,16,17). The van der Waals surface area contributed by atoms with Crippen LogP contribution in [0.4, 0.5) is 5.69 Å². The molecular weight excluding hydrogens is 222 g/mol. The normalized spacial score (nSPS) is 24.7. The average molecular weight is 247 g/mol. The van der Waals surface area contributed by atoms with Gasteiger partial charge in [-0.05, 0) is 43.9 Å². The Balaban J connectivity index is 2.16. The van der Waals surface area contributed by atoms with Crippen molar-refractivity contribution in [1.29, 1.82) is 0 Å². The molecule has 0 bridgehead atoms. The summed E-state index contributed by atoms with van der Waals surface area (Å²) in [4.78, 5) is 4.22. The zero-order valence-electron chi connectivity index (χ0n) is 11.4. The fraction of sp³-hybridized carbons (Fsp3) is 0.667. The largest absolute Gasteiger partial charge is 0.398 e. The van der Waals surface area contributed by atoms with Crippen molar-refractivity contribution in [2.24, 2.45) is 0 Å². The number of pyridine rings is 1. The van der Waals surface area contributed by atoms with Gasteiger partial charge in [-0.2, -0.15) is 0 Å². The summed E-state index contributed by atoms with van der Waals surface area (Å²) in [6.07, 6.45) is 12.4. The summed E-state index contributed by atoms with van der Waals surface area (Å²) in [6.45, 7) is 3.40. The van der Waals surface area contributed by atoms with Crippen LogP contribution in [0.5, 0.6) is 0 Å². The number of nitrogens with two attached hydrogens (primary N) is 1. The zero-order valence-corrected chi connectivity index (χ0v) is 11.4. The summed E-state index contributed by atoms with van der Waals surface area (Å²) in [7, 11) is 0. The summed E-state index contributed by atoms with van der Waals surface area (Å²) >= 11 is 0. The van der Waals surface area contributed by atoms with E-state index in [4.69, 9.17) is 5.73 Å². The first-order chi connectivity index (χ1) is 8.76. The molecule has 3 nitrogen and oxygen atoms in total. The Morgan fingerprint density at radius 3 is 3.06 bits per heavy atom. The molecule has 1 unspecified atom stereocenters. The fourth-order valence-corrected chi connectivity index (χ4v) is 3.09. The predicted molar refractivity (Wildman–Crippen MR) is 76.5 cm³/mol. The van der Waals surface area contributed by atoms with Gasteiger partial charge >= 0.3 is 0 Å². The Morgan fingerprint density at radius 1 is 1.39 bits per heavy atom. The molecule has 0 radical (unpaired) electrons. The Labute approximate surface area is 110 Å². The van der Waals surface area contributed by atoms with Gasteiger partial charge in [0.1, 0.15) is 0 Å². The van der Waals surface area contributed by atoms with Gasteiger partial charge in [-0.15, -0.1) is 0 Å². The van der Waals surface area contributed by atoms with E-state index in [0.29, 0.717) is 0 Å². The van der Waals surface area contributed by atoms with E-state index in [9.17, 15) is 0 Å². The molecule has 2 rings (SSSR count). The molecule has 0 aliphatic carbocycles. The monoisotopic (exact) mass is 247 g/mol. The van der Waals surface area contributed by atoms with Gasteiger partial charge in [0.15, 0.2) is 0 Å². The van der Waals surface area contributed by atoms with Gasteiger partial charge in [-0.25, -0.2) is 0 Å². The lowest BCUT2D eigenvalue weighted by molar-refractivity contribution is 0.288. The summed E-state index contributed by atoms with van der Waals surface area (Å²) in [5.74, 6) is 0.